The average Bonchev–Trinajstić information content (AvgIpc) is 2.47. The third kappa shape index (κ3) is 2.83. The molecule has 0 radical (unpaired) electrons. The summed E-state index contributed by atoms with van der Waals surface area (Å²) < 4.78 is 5.98. The van der Waals surface area contributed by atoms with Crippen LogP contribution in [0.5, 0.6) is 0 Å². The van der Waals surface area contributed by atoms with E-state index < -0.39 is 5.41 Å². The molecular formula is C17H14Cl2N2O. The van der Waals surface area contributed by atoms with Crippen LogP contribution in [0.1, 0.15) is 24.0 Å². The molecule has 0 aliphatic heterocycles. The Hall–Kier alpha value is -1.60. The van der Waals surface area contributed by atoms with Crippen LogP contribution in [0, 0.1) is 11.3 Å². The summed E-state index contributed by atoms with van der Waals surface area (Å²) in [6.07, 6.45) is 1.42. The number of benzene rings is 1. The van der Waals surface area contributed by atoms with Gasteiger partial charge in [-0.25, -0.2) is 4.98 Å². The van der Waals surface area contributed by atoms with Crippen molar-refractivity contribution in [2.24, 2.45) is 0 Å². The molecule has 2 aromatic rings. The van der Waals surface area contributed by atoms with Crippen molar-refractivity contribution in [1.29, 1.82) is 5.26 Å². The minimum atomic E-state index is -0.689. The Bertz CT molecular complexity index is 694. The van der Waals surface area contributed by atoms with E-state index in [4.69, 9.17) is 27.9 Å². The van der Waals surface area contributed by atoms with Gasteiger partial charge in [-0.05, 0) is 36.1 Å². The highest BCUT2D eigenvalue weighted by Gasteiger charge is 2.50. The predicted molar refractivity (Wildman–Crippen MR) is 85.8 cm³/mol. The molecule has 1 fully saturated rings. The number of aromatic nitrogens is 1. The first-order valence-electron chi connectivity index (χ1n) is 7.04. The molecule has 2 unspecified atom stereocenters. The van der Waals surface area contributed by atoms with E-state index in [1.807, 2.05) is 30.3 Å². The Labute approximate surface area is 139 Å². The Balaban J connectivity index is 1.80. The molecule has 1 aliphatic carbocycles. The molecule has 0 saturated heterocycles. The van der Waals surface area contributed by atoms with Gasteiger partial charge in [0.05, 0.1) is 18.8 Å². The lowest BCUT2D eigenvalue weighted by Gasteiger charge is -2.44. The summed E-state index contributed by atoms with van der Waals surface area (Å²) in [7, 11) is 0. The van der Waals surface area contributed by atoms with Crippen LogP contribution in [-0.2, 0) is 16.8 Å². The first-order chi connectivity index (χ1) is 10.6. The number of rotatable bonds is 4. The van der Waals surface area contributed by atoms with Crippen LogP contribution in [0.3, 0.4) is 0 Å². The Morgan fingerprint density at radius 3 is 2.45 bits per heavy atom. The summed E-state index contributed by atoms with van der Waals surface area (Å²) >= 11 is 11.9. The molecule has 0 N–H and O–H groups in total. The van der Waals surface area contributed by atoms with E-state index in [1.165, 1.54) is 0 Å². The Morgan fingerprint density at radius 1 is 1.23 bits per heavy atom. The molecule has 0 spiro atoms. The fourth-order valence-electron chi connectivity index (χ4n) is 2.79. The van der Waals surface area contributed by atoms with E-state index >= 15 is 0 Å². The standard InChI is InChI=1S/C17H14Cl2N2O/c18-15-8-13(9-16(19)21-15)17(11-20)7-6-14(17)22-10-12-4-2-1-3-5-12/h1-5,8-9,14H,6-7,10H2. The number of halogens is 2. The van der Waals surface area contributed by atoms with Crippen LogP contribution in [0.25, 0.3) is 0 Å². The predicted octanol–water partition coefficient (Wildman–Crippen LogP) is 4.53. The minimum absolute atomic E-state index is 0.160. The zero-order chi connectivity index (χ0) is 15.6. The Kier molecular flexibility index (Phi) is 4.35. The quantitative estimate of drug-likeness (QED) is 0.772. The van der Waals surface area contributed by atoms with Crippen molar-refractivity contribution in [2.75, 3.05) is 0 Å². The molecular weight excluding hydrogens is 319 g/mol. The molecule has 5 heteroatoms. The molecule has 3 rings (SSSR count). The summed E-state index contributed by atoms with van der Waals surface area (Å²) in [6, 6.07) is 15.7. The van der Waals surface area contributed by atoms with Crippen molar-refractivity contribution >= 4 is 23.2 Å². The van der Waals surface area contributed by atoms with Gasteiger partial charge < -0.3 is 4.74 Å². The first-order valence-corrected chi connectivity index (χ1v) is 7.80. The fraction of sp³-hybridized carbons (Fsp3) is 0.294. The van der Waals surface area contributed by atoms with Crippen molar-refractivity contribution in [3.63, 3.8) is 0 Å². The summed E-state index contributed by atoms with van der Waals surface area (Å²) in [5, 5.41) is 10.3. The molecule has 0 bridgehead atoms. The maximum atomic E-state index is 9.70. The largest absolute Gasteiger partial charge is 0.372 e. The lowest BCUT2D eigenvalue weighted by atomic mass is 9.63. The summed E-state index contributed by atoms with van der Waals surface area (Å²) in [4.78, 5) is 3.94. The van der Waals surface area contributed by atoms with Gasteiger partial charge in [-0.15, -0.1) is 0 Å². The third-order valence-corrected chi connectivity index (χ3v) is 4.51. The third-order valence-electron chi connectivity index (χ3n) is 4.12. The minimum Gasteiger partial charge on any atom is -0.372 e. The molecule has 3 nitrogen and oxygen atoms in total. The second kappa shape index (κ2) is 6.26. The molecule has 1 heterocycles. The number of ether oxygens (including phenoxy) is 1. The zero-order valence-electron chi connectivity index (χ0n) is 11.8. The van der Waals surface area contributed by atoms with Gasteiger partial charge in [0.2, 0.25) is 0 Å². The van der Waals surface area contributed by atoms with Crippen LogP contribution in [0.15, 0.2) is 42.5 Å². The second-order valence-electron chi connectivity index (χ2n) is 5.41. The molecule has 1 aliphatic rings. The van der Waals surface area contributed by atoms with E-state index in [1.54, 1.807) is 12.1 Å². The number of hydrogen-bond donors (Lipinski definition) is 0. The van der Waals surface area contributed by atoms with E-state index in [0.29, 0.717) is 16.9 Å². The van der Waals surface area contributed by atoms with Crippen molar-refractivity contribution in [3.8, 4) is 6.07 Å². The lowest BCUT2D eigenvalue weighted by Crippen LogP contribution is -2.49. The van der Waals surface area contributed by atoms with Gasteiger partial charge in [0, 0.05) is 0 Å². The first kappa shape index (κ1) is 15.3. The van der Waals surface area contributed by atoms with E-state index in [0.717, 1.165) is 24.0 Å². The number of nitrogens with zero attached hydrogens (tertiary/aromatic N) is 2. The van der Waals surface area contributed by atoms with E-state index in [9.17, 15) is 5.26 Å². The molecule has 2 atom stereocenters. The van der Waals surface area contributed by atoms with Crippen molar-refractivity contribution in [2.45, 2.75) is 31.0 Å². The summed E-state index contributed by atoms with van der Waals surface area (Å²) in [6.45, 7) is 0.488. The molecule has 1 saturated carbocycles. The SMILES string of the molecule is N#CC1(c2cc(Cl)nc(Cl)c2)CCC1OCc1ccccc1. The number of nitriles is 1. The van der Waals surface area contributed by atoms with Crippen molar-refractivity contribution in [1.82, 2.24) is 4.98 Å². The van der Waals surface area contributed by atoms with Gasteiger partial charge in [0.15, 0.2) is 0 Å². The van der Waals surface area contributed by atoms with Gasteiger partial charge in [-0.1, -0.05) is 53.5 Å². The number of pyridine rings is 1. The van der Waals surface area contributed by atoms with Crippen LogP contribution in [0.4, 0.5) is 0 Å². The van der Waals surface area contributed by atoms with Crippen LogP contribution in [0.2, 0.25) is 10.3 Å². The van der Waals surface area contributed by atoms with Gasteiger partial charge in [-0.2, -0.15) is 5.26 Å². The monoisotopic (exact) mass is 332 g/mol. The zero-order valence-corrected chi connectivity index (χ0v) is 13.3. The van der Waals surface area contributed by atoms with Crippen LogP contribution < -0.4 is 0 Å². The van der Waals surface area contributed by atoms with E-state index in [2.05, 4.69) is 11.1 Å². The Morgan fingerprint density at radius 2 is 1.91 bits per heavy atom. The van der Waals surface area contributed by atoms with Crippen LogP contribution in [-0.4, -0.2) is 11.1 Å². The van der Waals surface area contributed by atoms with Crippen LogP contribution >= 0.6 is 23.2 Å². The summed E-state index contributed by atoms with van der Waals surface area (Å²) in [5.74, 6) is 0. The average molecular weight is 333 g/mol. The lowest BCUT2D eigenvalue weighted by molar-refractivity contribution is -0.0544. The van der Waals surface area contributed by atoms with E-state index in [-0.39, 0.29) is 6.10 Å². The second-order valence-corrected chi connectivity index (χ2v) is 6.18. The molecule has 1 aromatic heterocycles. The molecule has 1 aromatic carbocycles. The van der Waals surface area contributed by atoms with Gasteiger partial charge in [0.25, 0.3) is 0 Å². The maximum Gasteiger partial charge on any atom is 0.131 e. The molecule has 22 heavy (non-hydrogen) atoms. The molecule has 0 amide bonds. The summed E-state index contributed by atoms with van der Waals surface area (Å²) in [5.41, 5.74) is 1.18. The fourth-order valence-corrected chi connectivity index (χ4v) is 3.25. The van der Waals surface area contributed by atoms with Gasteiger partial charge in [-0.3, -0.25) is 0 Å². The van der Waals surface area contributed by atoms with Crippen molar-refractivity contribution in [3.05, 3.63) is 63.9 Å². The molecule has 112 valence electrons. The number of hydrogen-bond acceptors (Lipinski definition) is 3. The van der Waals surface area contributed by atoms with Gasteiger partial charge in [0.1, 0.15) is 15.7 Å². The highest BCUT2D eigenvalue weighted by atomic mass is 35.5. The highest BCUT2D eigenvalue weighted by molar-refractivity contribution is 6.32. The highest BCUT2D eigenvalue weighted by Crippen LogP contribution is 2.46. The topological polar surface area (TPSA) is 45.9 Å². The normalized spacial score (nSPS) is 23.6. The van der Waals surface area contributed by atoms with Crippen molar-refractivity contribution < 1.29 is 4.74 Å². The smallest absolute Gasteiger partial charge is 0.131 e. The maximum absolute atomic E-state index is 9.70. The van der Waals surface area contributed by atoms with Gasteiger partial charge >= 0.3 is 0 Å².